The second kappa shape index (κ2) is 6.61. The zero-order valence-corrected chi connectivity index (χ0v) is 15.5. The predicted molar refractivity (Wildman–Crippen MR) is 96.9 cm³/mol. The van der Waals surface area contributed by atoms with Crippen molar-refractivity contribution < 1.29 is 22.7 Å². The monoisotopic (exact) mass is 392 g/mol. The molecule has 0 radical (unpaired) electrons. The lowest BCUT2D eigenvalue weighted by Crippen LogP contribution is -2.43. The van der Waals surface area contributed by atoms with Crippen molar-refractivity contribution in [3.8, 4) is 0 Å². The minimum Gasteiger partial charge on any atom is -0.375 e. The Bertz CT molecular complexity index is 1000. The van der Waals surface area contributed by atoms with E-state index < -0.39 is 21.1 Å². The van der Waals surface area contributed by atoms with E-state index >= 15 is 0 Å². The molecule has 2 amide bonds. The predicted octanol–water partition coefficient (Wildman–Crippen LogP) is -0.437. The molecule has 0 unspecified atom stereocenters. The minimum atomic E-state index is -3.37. The van der Waals surface area contributed by atoms with E-state index in [2.05, 4.69) is 15.3 Å². The van der Waals surface area contributed by atoms with Gasteiger partial charge in [0.15, 0.2) is 9.84 Å². The number of benzene rings is 1. The lowest BCUT2D eigenvalue weighted by molar-refractivity contribution is -0.125. The molecule has 27 heavy (non-hydrogen) atoms. The number of hydrogen-bond donors (Lipinski definition) is 2. The Morgan fingerprint density at radius 2 is 2.19 bits per heavy atom. The standard InChI is InChI=1S/C17H20N4O5S/c1-26-7-16(22)20-14-8-27(24,25)15-6-21(5-11(14)15)17(23)10-2-3-12-13(4-10)19-9-18-12/h2-4,9,11,14-15H,5-8H2,1H3,(H,18,19)(H,20,22)/t11-,14+,15-/m0/s1. The molecule has 0 bridgehead atoms. The van der Waals surface area contributed by atoms with Gasteiger partial charge in [0.1, 0.15) is 6.61 Å². The summed E-state index contributed by atoms with van der Waals surface area (Å²) in [4.78, 5) is 33.3. The Balaban J connectivity index is 1.53. The number of nitrogens with zero attached hydrogens (tertiary/aromatic N) is 2. The van der Waals surface area contributed by atoms with Gasteiger partial charge in [0.05, 0.1) is 28.4 Å². The van der Waals surface area contributed by atoms with Crippen LogP contribution in [0.2, 0.25) is 0 Å². The summed E-state index contributed by atoms with van der Waals surface area (Å²) in [6.07, 6.45) is 1.55. The average Bonchev–Trinajstić information content (AvgIpc) is 3.31. The highest BCUT2D eigenvalue weighted by molar-refractivity contribution is 7.92. The summed E-state index contributed by atoms with van der Waals surface area (Å²) in [5, 5.41) is 2.08. The first kappa shape index (κ1) is 17.9. The number of hydrogen-bond acceptors (Lipinski definition) is 6. The number of fused-ring (bicyclic) bond motifs is 2. The summed E-state index contributed by atoms with van der Waals surface area (Å²) in [5.74, 6) is -0.985. The molecule has 3 heterocycles. The number of imidazole rings is 1. The maximum absolute atomic E-state index is 12.9. The average molecular weight is 392 g/mol. The van der Waals surface area contributed by atoms with Gasteiger partial charge in [-0.1, -0.05) is 0 Å². The highest BCUT2D eigenvalue weighted by atomic mass is 32.2. The molecular formula is C17H20N4O5S. The van der Waals surface area contributed by atoms with Gasteiger partial charge in [0.25, 0.3) is 5.91 Å². The van der Waals surface area contributed by atoms with Crippen LogP contribution in [-0.2, 0) is 19.4 Å². The van der Waals surface area contributed by atoms with Crippen molar-refractivity contribution in [1.29, 1.82) is 0 Å². The number of rotatable bonds is 4. The molecule has 1 aromatic heterocycles. The van der Waals surface area contributed by atoms with Crippen LogP contribution in [0.1, 0.15) is 10.4 Å². The summed E-state index contributed by atoms with van der Waals surface area (Å²) in [5.41, 5.74) is 1.98. The highest BCUT2D eigenvalue weighted by Crippen LogP contribution is 2.34. The Hall–Kier alpha value is -2.46. The molecule has 2 aliphatic heterocycles. The molecule has 2 fully saturated rings. The molecule has 9 nitrogen and oxygen atoms in total. The zero-order valence-electron chi connectivity index (χ0n) is 14.7. The molecule has 0 saturated carbocycles. The molecule has 2 N–H and O–H groups in total. The van der Waals surface area contributed by atoms with Gasteiger partial charge in [-0.05, 0) is 18.2 Å². The molecule has 2 aliphatic rings. The molecule has 10 heteroatoms. The number of nitrogens with one attached hydrogen (secondary N) is 2. The number of carbonyl (C=O) groups is 2. The fourth-order valence-corrected chi connectivity index (χ4v) is 6.30. The number of sulfone groups is 1. The third kappa shape index (κ3) is 3.19. The van der Waals surface area contributed by atoms with E-state index in [-0.39, 0.29) is 36.6 Å². The molecule has 1 aromatic carbocycles. The minimum absolute atomic E-state index is 0.0973. The van der Waals surface area contributed by atoms with Crippen LogP contribution in [0.15, 0.2) is 24.5 Å². The number of amides is 2. The Morgan fingerprint density at radius 3 is 2.96 bits per heavy atom. The smallest absolute Gasteiger partial charge is 0.253 e. The highest BCUT2D eigenvalue weighted by Gasteiger charge is 2.53. The zero-order chi connectivity index (χ0) is 19.2. The van der Waals surface area contributed by atoms with Gasteiger partial charge in [-0.3, -0.25) is 9.59 Å². The maximum atomic E-state index is 12.9. The third-order valence-electron chi connectivity index (χ3n) is 5.28. The van der Waals surface area contributed by atoms with Gasteiger partial charge in [0.2, 0.25) is 5.91 Å². The molecular weight excluding hydrogens is 372 g/mol. The lowest BCUT2D eigenvalue weighted by atomic mass is 10.0. The maximum Gasteiger partial charge on any atom is 0.253 e. The number of ether oxygens (including phenoxy) is 1. The summed E-state index contributed by atoms with van der Waals surface area (Å²) in [6.45, 7) is 0.311. The summed E-state index contributed by atoms with van der Waals surface area (Å²) in [7, 11) is -1.97. The van der Waals surface area contributed by atoms with E-state index in [0.29, 0.717) is 12.1 Å². The normalized spacial score (nSPS) is 26.3. The van der Waals surface area contributed by atoms with Crippen LogP contribution < -0.4 is 5.32 Å². The molecule has 2 aromatic rings. The largest absolute Gasteiger partial charge is 0.375 e. The quantitative estimate of drug-likeness (QED) is 0.728. The van der Waals surface area contributed by atoms with Gasteiger partial charge < -0.3 is 19.9 Å². The van der Waals surface area contributed by atoms with Crippen molar-refractivity contribution in [1.82, 2.24) is 20.2 Å². The number of likely N-dealkylation sites (tertiary alicyclic amines) is 1. The van der Waals surface area contributed by atoms with Crippen molar-refractivity contribution in [2.45, 2.75) is 11.3 Å². The lowest BCUT2D eigenvalue weighted by Gasteiger charge is -2.21. The fraction of sp³-hybridized carbons (Fsp3) is 0.471. The third-order valence-corrected chi connectivity index (χ3v) is 7.52. The van der Waals surface area contributed by atoms with Gasteiger partial charge in [-0.2, -0.15) is 0 Å². The molecule has 3 atom stereocenters. The number of aromatic nitrogens is 2. The molecule has 0 aliphatic carbocycles. The van der Waals surface area contributed by atoms with Crippen LogP contribution in [0, 0.1) is 5.92 Å². The SMILES string of the molecule is COCC(=O)N[C@@H]1CS(=O)(=O)[C@H]2CN(C(=O)c3ccc4nc[nH]c4c3)C[C@@H]12. The first-order valence-electron chi connectivity index (χ1n) is 8.61. The van der Waals surface area contributed by atoms with Crippen LogP contribution in [0.5, 0.6) is 0 Å². The van der Waals surface area contributed by atoms with E-state index in [1.165, 1.54) is 7.11 Å². The number of aromatic amines is 1. The van der Waals surface area contributed by atoms with Crippen molar-refractivity contribution in [3.63, 3.8) is 0 Å². The van der Waals surface area contributed by atoms with Crippen LogP contribution in [0.4, 0.5) is 0 Å². The summed E-state index contributed by atoms with van der Waals surface area (Å²) < 4.78 is 29.8. The summed E-state index contributed by atoms with van der Waals surface area (Å²) in [6, 6.07) is 4.65. The Labute approximate surface area is 156 Å². The number of H-pyrrole nitrogens is 1. The van der Waals surface area contributed by atoms with Crippen molar-refractivity contribution in [3.05, 3.63) is 30.1 Å². The van der Waals surface area contributed by atoms with Gasteiger partial charge in [0, 0.05) is 37.7 Å². The molecule has 144 valence electrons. The van der Waals surface area contributed by atoms with Crippen molar-refractivity contribution >= 4 is 32.7 Å². The van der Waals surface area contributed by atoms with Crippen LogP contribution in [0.25, 0.3) is 11.0 Å². The fourth-order valence-electron chi connectivity index (χ4n) is 4.01. The van der Waals surface area contributed by atoms with Crippen molar-refractivity contribution in [2.24, 2.45) is 5.92 Å². The van der Waals surface area contributed by atoms with Gasteiger partial charge in [-0.15, -0.1) is 0 Å². The second-order valence-electron chi connectivity index (χ2n) is 6.98. The van der Waals surface area contributed by atoms with Crippen LogP contribution in [0.3, 0.4) is 0 Å². The molecule has 0 spiro atoms. The topological polar surface area (TPSA) is 121 Å². The van der Waals surface area contributed by atoms with Crippen LogP contribution in [-0.4, -0.2) is 79.0 Å². The number of methoxy groups -OCH3 is 1. The van der Waals surface area contributed by atoms with E-state index in [0.717, 1.165) is 11.0 Å². The summed E-state index contributed by atoms with van der Waals surface area (Å²) >= 11 is 0. The van der Waals surface area contributed by atoms with E-state index in [9.17, 15) is 18.0 Å². The first-order valence-corrected chi connectivity index (χ1v) is 10.3. The van der Waals surface area contributed by atoms with Gasteiger partial charge in [-0.25, -0.2) is 13.4 Å². The second-order valence-corrected chi connectivity index (χ2v) is 9.25. The number of carbonyl (C=O) groups excluding carboxylic acids is 2. The molecule has 2 saturated heterocycles. The Kier molecular flexibility index (Phi) is 4.39. The van der Waals surface area contributed by atoms with Crippen molar-refractivity contribution in [2.75, 3.05) is 32.6 Å². The molecule has 4 rings (SSSR count). The van der Waals surface area contributed by atoms with E-state index in [1.807, 2.05) is 0 Å². The van der Waals surface area contributed by atoms with Crippen LogP contribution >= 0.6 is 0 Å². The van der Waals surface area contributed by atoms with E-state index in [1.54, 1.807) is 29.4 Å². The van der Waals surface area contributed by atoms with E-state index in [4.69, 9.17) is 4.74 Å². The van der Waals surface area contributed by atoms with Gasteiger partial charge >= 0.3 is 0 Å². The Morgan fingerprint density at radius 1 is 1.37 bits per heavy atom. The first-order chi connectivity index (χ1) is 12.9.